The zero-order valence-electron chi connectivity index (χ0n) is 16.8. The maximum atomic E-state index is 13.3. The fraction of sp³-hybridized carbons (Fsp3) is 0.364. The highest BCUT2D eigenvalue weighted by Crippen LogP contribution is 2.10. The van der Waals surface area contributed by atoms with Gasteiger partial charge in [-0.1, -0.05) is 30.3 Å². The van der Waals surface area contributed by atoms with E-state index >= 15 is 0 Å². The van der Waals surface area contributed by atoms with E-state index in [1.807, 2.05) is 30.3 Å². The van der Waals surface area contributed by atoms with E-state index in [0.29, 0.717) is 5.56 Å². The lowest BCUT2D eigenvalue weighted by Gasteiger charge is -2.23. The van der Waals surface area contributed by atoms with Gasteiger partial charge in [0, 0.05) is 19.0 Å². The number of alkyl carbamates (subject to hydrolysis) is 1. The van der Waals surface area contributed by atoms with Crippen molar-refractivity contribution in [2.24, 2.45) is 0 Å². The van der Waals surface area contributed by atoms with Crippen molar-refractivity contribution in [2.75, 3.05) is 6.54 Å². The molecule has 0 saturated heterocycles. The molecule has 7 heteroatoms. The summed E-state index contributed by atoms with van der Waals surface area (Å²) in [5.74, 6) is -1.74. The fourth-order valence-electron chi connectivity index (χ4n) is 2.72. The lowest BCUT2D eigenvalue weighted by Crippen LogP contribution is -2.49. The van der Waals surface area contributed by atoms with Crippen LogP contribution in [-0.4, -0.2) is 30.2 Å². The summed E-state index contributed by atoms with van der Waals surface area (Å²) >= 11 is 0. The summed E-state index contributed by atoms with van der Waals surface area (Å²) in [6, 6.07) is 11.6. The second-order valence-electron chi connectivity index (χ2n) is 7.71. The van der Waals surface area contributed by atoms with Crippen LogP contribution in [0.1, 0.15) is 31.9 Å². The Morgan fingerprint density at radius 3 is 2.21 bits per heavy atom. The molecule has 0 saturated carbocycles. The van der Waals surface area contributed by atoms with E-state index in [9.17, 15) is 18.4 Å². The molecule has 1 atom stereocenters. The average Bonchev–Trinajstić information content (AvgIpc) is 2.59. The molecule has 0 bridgehead atoms. The molecule has 5 nitrogen and oxygen atoms in total. The van der Waals surface area contributed by atoms with Crippen LogP contribution >= 0.6 is 0 Å². The maximum Gasteiger partial charge on any atom is 0.408 e. The molecule has 0 spiro atoms. The third-order valence-electron chi connectivity index (χ3n) is 3.93. The number of rotatable bonds is 7. The SMILES string of the molecule is CC(C)(C)OC(=O)NC(Cc1ccccc1)C(=O)NCCc1cc(F)cc(F)c1. The quantitative estimate of drug-likeness (QED) is 0.738. The molecule has 0 aliphatic carbocycles. The number of benzene rings is 2. The van der Waals surface area contributed by atoms with Gasteiger partial charge in [-0.3, -0.25) is 4.79 Å². The molecule has 2 N–H and O–H groups in total. The van der Waals surface area contributed by atoms with E-state index in [2.05, 4.69) is 10.6 Å². The summed E-state index contributed by atoms with van der Waals surface area (Å²) in [4.78, 5) is 24.8. The Kier molecular flexibility index (Phi) is 7.70. The van der Waals surface area contributed by atoms with Crippen LogP contribution in [0.15, 0.2) is 48.5 Å². The third kappa shape index (κ3) is 8.29. The zero-order chi connectivity index (χ0) is 21.4. The number of amides is 2. The Balaban J connectivity index is 2.00. The largest absolute Gasteiger partial charge is 0.444 e. The van der Waals surface area contributed by atoms with Gasteiger partial charge in [-0.2, -0.15) is 0 Å². The number of hydrogen-bond acceptors (Lipinski definition) is 3. The molecule has 2 aromatic rings. The Morgan fingerprint density at radius 2 is 1.62 bits per heavy atom. The van der Waals surface area contributed by atoms with Crippen LogP contribution in [0.2, 0.25) is 0 Å². The van der Waals surface area contributed by atoms with Crippen molar-refractivity contribution >= 4 is 12.0 Å². The summed E-state index contributed by atoms with van der Waals surface area (Å²) in [6.07, 6.45) is -0.161. The molecule has 0 aromatic heterocycles. The summed E-state index contributed by atoms with van der Waals surface area (Å²) in [6.45, 7) is 5.37. The molecule has 0 aliphatic heterocycles. The molecule has 156 valence electrons. The van der Waals surface area contributed by atoms with Crippen molar-refractivity contribution in [3.8, 4) is 0 Å². The lowest BCUT2D eigenvalue weighted by molar-refractivity contribution is -0.123. The van der Waals surface area contributed by atoms with Gasteiger partial charge in [-0.05, 0) is 50.5 Å². The van der Waals surface area contributed by atoms with E-state index in [0.717, 1.165) is 11.6 Å². The van der Waals surface area contributed by atoms with Crippen LogP contribution in [0.3, 0.4) is 0 Å². The van der Waals surface area contributed by atoms with Gasteiger partial charge in [0.05, 0.1) is 0 Å². The first-order valence-corrected chi connectivity index (χ1v) is 9.38. The molecular weight excluding hydrogens is 378 g/mol. The molecule has 2 amide bonds. The molecule has 2 rings (SSSR count). The standard InChI is InChI=1S/C22H26F2N2O3/c1-22(2,3)29-21(28)26-19(13-15-7-5-4-6-8-15)20(27)25-10-9-16-11-17(23)14-18(24)12-16/h4-8,11-12,14,19H,9-10,13H2,1-3H3,(H,25,27)(H,26,28). The van der Waals surface area contributed by atoms with Crippen molar-refractivity contribution < 1.29 is 23.1 Å². The first-order chi connectivity index (χ1) is 13.6. The first-order valence-electron chi connectivity index (χ1n) is 9.38. The van der Waals surface area contributed by atoms with E-state index in [-0.39, 0.29) is 19.4 Å². The Labute approximate surface area is 169 Å². The minimum Gasteiger partial charge on any atom is -0.444 e. The van der Waals surface area contributed by atoms with E-state index in [4.69, 9.17) is 4.74 Å². The third-order valence-corrected chi connectivity index (χ3v) is 3.93. The lowest BCUT2D eigenvalue weighted by atomic mass is 10.1. The van der Waals surface area contributed by atoms with Crippen LogP contribution < -0.4 is 10.6 Å². The number of hydrogen-bond donors (Lipinski definition) is 2. The average molecular weight is 404 g/mol. The number of carbonyl (C=O) groups excluding carboxylic acids is 2. The van der Waals surface area contributed by atoms with Gasteiger partial charge in [0.1, 0.15) is 23.3 Å². The summed E-state index contributed by atoms with van der Waals surface area (Å²) in [5, 5.41) is 5.30. The molecule has 1 unspecified atom stereocenters. The number of nitrogens with one attached hydrogen (secondary N) is 2. The van der Waals surface area contributed by atoms with Crippen molar-refractivity contribution in [3.63, 3.8) is 0 Å². The number of carbonyl (C=O) groups is 2. The van der Waals surface area contributed by atoms with Crippen molar-refractivity contribution in [1.29, 1.82) is 0 Å². The van der Waals surface area contributed by atoms with Crippen LogP contribution in [-0.2, 0) is 22.4 Å². The minimum atomic E-state index is -0.850. The smallest absolute Gasteiger partial charge is 0.408 e. The highest BCUT2D eigenvalue weighted by molar-refractivity contribution is 5.86. The Bertz CT molecular complexity index is 815. The molecule has 29 heavy (non-hydrogen) atoms. The predicted octanol–water partition coefficient (Wildman–Crippen LogP) is 3.76. The Morgan fingerprint density at radius 1 is 1.00 bits per heavy atom. The molecular formula is C22H26F2N2O3. The Hall–Kier alpha value is -2.96. The first kappa shape index (κ1) is 22.3. The van der Waals surface area contributed by atoms with Crippen molar-refractivity contribution in [1.82, 2.24) is 10.6 Å². The zero-order valence-corrected chi connectivity index (χ0v) is 16.8. The second kappa shape index (κ2) is 10.0. The highest BCUT2D eigenvalue weighted by atomic mass is 19.1. The molecule has 0 heterocycles. The summed E-state index contributed by atoms with van der Waals surface area (Å²) in [7, 11) is 0. The maximum absolute atomic E-state index is 13.3. The van der Waals surface area contributed by atoms with Gasteiger partial charge in [-0.25, -0.2) is 13.6 Å². The number of ether oxygens (including phenoxy) is 1. The summed E-state index contributed by atoms with van der Waals surface area (Å²) < 4.78 is 31.8. The van der Waals surface area contributed by atoms with Gasteiger partial charge in [-0.15, -0.1) is 0 Å². The molecule has 0 radical (unpaired) electrons. The van der Waals surface area contributed by atoms with E-state index in [1.54, 1.807) is 20.8 Å². The molecule has 2 aromatic carbocycles. The molecule has 0 aliphatic rings. The number of halogens is 2. The molecule has 0 fully saturated rings. The fourth-order valence-corrected chi connectivity index (χ4v) is 2.72. The van der Waals surface area contributed by atoms with Crippen LogP contribution in [0.5, 0.6) is 0 Å². The predicted molar refractivity (Wildman–Crippen MR) is 106 cm³/mol. The van der Waals surface area contributed by atoms with Gasteiger partial charge >= 0.3 is 6.09 Å². The topological polar surface area (TPSA) is 67.4 Å². The van der Waals surface area contributed by atoms with Gasteiger partial charge in [0.25, 0.3) is 0 Å². The van der Waals surface area contributed by atoms with Crippen LogP contribution in [0.4, 0.5) is 13.6 Å². The second-order valence-corrected chi connectivity index (χ2v) is 7.71. The monoisotopic (exact) mass is 404 g/mol. The normalized spacial score (nSPS) is 12.2. The summed E-state index contributed by atoms with van der Waals surface area (Å²) in [5.41, 5.74) is 0.609. The minimum absolute atomic E-state index is 0.170. The van der Waals surface area contributed by atoms with Gasteiger partial charge in [0.2, 0.25) is 5.91 Å². The van der Waals surface area contributed by atoms with Crippen molar-refractivity contribution in [3.05, 3.63) is 71.3 Å². The van der Waals surface area contributed by atoms with E-state index < -0.39 is 35.3 Å². The van der Waals surface area contributed by atoms with Gasteiger partial charge in [0.15, 0.2) is 0 Å². The highest BCUT2D eigenvalue weighted by Gasteiger charge is 2.24. The van der Waals surface area contributed by atoms with E-state index in [1.165, 1.54) is 12.1 Å². The van der Waals surface area contributed by atoms with Crippen LogP contribution in [0, 0.1) is 11.6 Å². The van der Waals surface area contributed by atoms with Crippen molar-refractivity contribution in [2.45, 2.75) is 45.3 Å². The van der Waals surface area contributed by atoms with Gasteiger partial charge < -0.3 is 15.4 Å². The van der Waals surface area contributed by atoms with Crippen LogP contribution in [0.25, 0.3) is 0 Å².